The van der Waals surface area contributed by atoms with Crippen LogP contribution in [0.5, 0.6) is 0 Å². The number of hydrogen-bond acceptors (Lipinski definition) is 4. The summed E-state index contributed by atoms with van der Waals surface area (Å²) in [4.78, 5) is 35.5. The molecule has 0 fully saturated rings. The van der Waals surface area contributed by atoms with Gasteiger partial charge in [-0.2, -0.15) is 0 Å². The van der Waals surface area contributed by atoms with Crippen molar-refractivity contribution in [3.63, 3.8) is 0 Å². The molecule has 0 rings (SSSR count). The van der Waals surface area contributed by atoms with Gasteiger partial charge < -0.3 is 25.4 Å². The van der Waals surface area contributed by atoms with Gasteiger partial charge in [0.2, 0.25) is 5.91 Å². The molecule has 0 atom stereocenters. The lowest BCUT2D eigenvalue weighted by Gasteiger charge is -2.35. The molecule has 0 aromatic heterocycles. The van der Waals surface area contributed by atoms with Crippen molar-refractivity contribution in [1.82, 2.24) is 15.5 Å². The van der Waals surface area contributed by atoms with Crippen LogP contribution in [0.2, 0.25) is 0 Å². The van der Waals surface area contributed by atoms with Crippen LogP contribution in [-0.2, 0) is 14.3 Å². The van der Waals surface area contributed by atoms with E-state index in [1.54, 1.807) is 20.8 Å². The molecular weight excluding hydrogens is 278 g/mol. The number of ether oxygens (including phenoxy) is 1. The smallest absolute Gasteiger partial charge is 0.318 e. The quantitative estimate of drug-likeness (QED) is 0.548. The van der Waals surface area contributed by atoms with Gasteiger partial charge >= 0.3 is 12.0 Å². The van der Waals surface area contributed by atoms with E-state index >= 15 is 0 Å². The van der Waals surface area contributed by atoms with Gasteiger partial charge in [-0.15, -0.1) is 0 Å². The average molecular weight is 303 g/mol. The Morgan fingerprint density at radius 2 is 1.81 bits per heavy atom. The van der Waals surface area contributed by atoms with Crippen molar-refractivity contribution >= 4 is 17.9 Å². The molecule has 8 nitrogen and oxygen atoms in total. The Kier molecular flexibility index (Phi) is 8.37. The van der Waals surface area contributed by atoms with Gasteiger partial charge in [0, 0.05) is 25.7 Å². The van der Waals surface area contributed by atoms with Crippen molar-refractivity contribution in [2.24, 2.45) is 0 Å². The van der Waals surface area contributed by atoms with Crippen LogP contribution >= 0.6 is 0 Å². The van der Waals surface area contributed by atoms with Gasteiger partial charge in [0.25, 0.3) is 0 Å². The average Bonchev–Trinajstić information content (AvgIpc) is 2.34. The molecule has 0 bridgehead atoms. The lowest BCUT2D eigenvalue weighted by Crippen LogP contribution is -2.52. The molecule has 21 heavy (non-hydrogen) atoms. The molecule has 3 N–H and O–H groups in total. The van der Waals surface area contributed by atoms with Gasteiger partial charge in [0.15, 0.2) is 0 Å². The second kappa shape index (κ2) is 9.17. The van der Waals surface area contributed by atoms with E-state index in [1.165, 1.54) is 12.0 Å². The van der Waals surface area contributed by atoms with Crippen molar-refractivity contribution < 1.29 is 24.2 Å². The predicted molar refractivity (Wildman–Crippen MR) is 77.0 cm³/mol. The zero-order chi connectivity index (χ0) is 16.5. The largest absolute Gasteiger partial charge is 0.481 e. The third-order valence-corrected chi connectivity index (χ3v) is 2.63. The summed E-state index contributed by atoms with van der Waals surface area (Å²) in [6.45, 7) is 6.07. The third kappa shape index (κ3) is 8.85. The highest BCUT2D eigenvalue weighted by molar-refractivity contribution is 5.84. The summed E-state index contributed by atoms with van der Waals surface area (Å²) in [5.74, 6) is -1.30. The Morgan fingerprint density at radius 3 is 2.29 bits per heavy atom. The van der Waals surface area contributed by atoms with Crippen LogP contribution < -0.4 is 10.6 Å². The van der Waals surface area contributed by atoms with E-state index in [9.17, 15) is 14.4 Å². The van der Waals surface area contributed by atoms with E-state index in [1.807, 2.05) is 0 Å². The first-order valence-corrected chi connectivity index (χ1v) is 6.71. The van der Waals surface area contributed by atoms with Crippen LogP contribution in [0, 0.1) is 0 Å². The minimum atomic E-state index is -0.977. The lowest BCUT2D eigenvalue weighted by atomic mass is 10.1. The minimum Gasteiger partial charge on any atom is -0.481 e. The van der Waals surface area contributed by atoms with E-state index in [-0.39, 0.29) is 25.4 Å². The maximum absolute atomic E-state index is 12.1. The van der Waals surface area contributed by atoms with Gasteiger partial charge in [-0.1, -0.05) is 0 Å². The van der Waals surface area contributed by atoms with Crippen LogP contribution in [0.3, 0.4) is 0 Å². The summed E-state index contributed by atoms with van der Waals surface area (Å²) in [5, 5.41) is 13.8. The molecule has 0 unspecified atom stereocenters. The number of rotatable bonds is 8. The molecule has 0 aromatic carbocycles. The monoisotopic (exact) mass is 303 g/mol. The van der Waals surface area contributed by atoms with Crippen molar-refractivity contribution in [2.45, 2.75) is 32.7 Å². The Labute approximate surface area is 124 Å². The topological polar surface area (TPSA) is 108 Å². The number of aliphatic carboxylic acids is 1. The number of urea groups is 1. The van der Waals surface area contributed by atoms with Crippen LogP contribution in [0.4, 0.5) is 4.79 Å². The normalized spacial score (nSPS) is 10.9. The van der Waals surface area contributed by atoms with E-state index in [0.29, 0.717) is 13.2 Å². The zero-order valence-electron chi connectivity index (χ0n) is 13.1. The van der Waals surface area contributed by atoms with E-state index in [2.05, 4.69) is 10.6 Å². The Balaban J connectivity index is 4.34. The van der Waals surface area contributed by atoms with Crippen molar-refractivity contribution in [3.05, 3.63) is 0 Å². The highest BCUT2D eigenvalue weighted by atomic mass is 16.5. The fourth-order valence-corrected chi connectivity index (χ4v) is 1.56. The van der Waals surface area contributed by atoms with E-state index in [4.69, 9.17) is 9.84 Å². The predicted octanol–water partition coefficient (Wildman–Crippen LogP) is 0.0338. The number of hydrogen-bond donors (Lipinski definition) is 3. The van der Waals surface area contributed by atoms with Crippen molar-refractivity contribution in [3.8, 4) is 0 Å². The molecule has 3 amide bonds. The summed E-state index contributed by atoms with van der Waals surface area (Å²) >= 11 is 0. The second-order valence-electron chi connectivity index (χ2n) is 5.47. The zero-order valence-corrected chi connectivity index (χ0v) is 13.1. The minimum absolute atomic E-state index is 0.0793. The Morgan fingerprint density at radius 1 is 1.19 bits per heavy atom. The van der Waals surface area contributed by atoms with Crippen LogP contribution in [0.25, 0.3) is 0 Å². The number of amides is 3. The SMILES string of the molecule is COCCNC(=O)CNC(=O)N(CCC(=O)O)C(C)(C)C. The second-order valence-corrected chi connectivity index (χ2v) is 5.47. The van der Waals surface area contributed by atoms with E-state index in [0.717, 1.165) is 0 Å². The maximum atomic E-state index is 12.1. The first-order chi connectivity index (χ1) is 9.68. The standard InChI is InChI=1S/C13H25N3O5/c1-13(2,3)16(7-5-11(18)19)12(20)15-9-10(17)14-6-8-21-4/h5-9H2,1-4H3,(H,14,17)(H,15,20)(H,18,19). The van der Waals surface area contributed by atoms with Gasteiger partial charge in [-0.3, -0.25) is 9.59 Å². The van der Waals surface area contributed by atoms with Crippen LogP contribution in [-0.4, -0.2) is 66.8 Å². The first-order valence-electron chi connectivity index (χ1n) is 6.71. The molecule has 0 aliphatic carbocycles. The molecule has 0 radical (unpaired) electrons. The number of nitrogens with zero attached hydrogens (tertiary/aromatic N) is 1. The number of methoxy groups -OCH3 is 1. The molecule has 0 saturated carbocycles. The van der Waals surface area contributed by atoms with Gasteiger partial charge in [0.05, 0.1) is 19.6 Å². The summed E-state index contributed by atoms with van der Waals surface area (Å²) < 4.78 is 4.79. The summed E-state index contributed by atoms with van der Waals surface area (Å²) in [5.41, 5.74) is -0.536. The molecule has 8 heteroatoms. The van der Waals surface area contributed by atoms with Crippen molar-refractivity contribution in [2.75, 3.05) is 33.4 Å². The third-order valence-electron chi connectivity index (χ3n) is 2.63. The molecule has 0 saturated heterocycles. The number of nitrogens with one attached hydrogen (secondary N) is 2. The fourth-order valence-electron chi connectivity index (χ4n) is 1.56. The highest BCUT2D eigenvalue weighted by Gasteiger charge is 2.26. The number of carboxylic acids is 1. The number of carbonyl (C=O) groups is 3. The van der Waals surface area contributed by atoms with Gasteiger partial charge in [-0.05, 0) is 20.8 Å². The number of carboxylic acid groups (broad SMARTS) is 1. The summed E-state index contributed by atoms with van der Waals surface area (Å²) in [6.07, 6.45) is -0.148. The maximum Gasteiger partial charge on any atom is 0.318 e. The highest BCUT2D eigenvalue weighted by Crippen LogP contribution is 2.13. The molecule has 0 aliphatic rings. The molecular formula is C13H25N3O5. The summed E-state index contributed by atoms with van der Waals surface area (Å²) in [6, 6.07) is -0.467. The Hall–Kier alpha value is -1.83. The van der Waals surface area contributed by atoms with Gasteiger partial charge in [-0.25, -0.2) is 4.79 Å². The molecule has 0 heterocycles. The Bertz CT molecular complexity index is 365. The number of carbonyl (C=O) groups excluding carboxylic acids is 2. The van der Waals surface area contributed by atoms with Crippen LogP contribution in [0.15, 0.2) is 0 Å². The van der Waals surface area contributed by atoms with E-state index < -0.39 is 17.5 Å². The molecule has 0 aliphatic heterocycles. The molecule has 0 aromatic rings. The van der Waals surface area contributed by atoms with Crippen molar-refractivity contribution in [1.29, 1.82) is 0 Å². The lowest BCUT2D eigenvalue weighted by molar-refractivity contribution is -0.137. The fraction of sp³-hybridized carbons (Fsp3) is 0.769. The molecule has 122 valence electrons. The summed E-state index contributed by atoms with van der Waals surface area (Å²) in [7, 11) is 1.53. The van der Waals surface area contributed by atoms with Gasteiger partial charge in [0.1, 0.15) is 0 Å². The van der Waals surface area contributed by atoms with Crippen LogP contribution in [0.1, 0.15) is 27.2 Å². The first kappa shape index (κ1) is 19.2. The molecule has 0 spiro atoms.